The summed E-state index contributed by atoms with van der Waals surface area (Å²) in [6, 6.07) is 0. The van der Waals surface area contributed by atoms with Crippen LogP contribution < -0.4 is 0 Å². The second-order valence-electron chi connectivity index (χ2n) is 4.59. The Kier molecular flexibility index (Phi) is 12.3. The summed E-state index contributed by atoms with van der Waals surface area (Å²) in [4.78, 5) is 32.2. The van der Waals surface area contributed by atoms with Crippen LogP contribution in [0.4, 0.5) is 0 Å². The average Bonchev–Trinajstić information content (AvgIpc) is 2.46. The van der Waals surface area contributed by atoms with Gasteiger partial charge in [-0.2, -0.15) is 0 Å². The van der Waals surface area contributed by atoms with Crippen LogP contribution in [0, 0.1) is 0 Å². The minimum absolute atomic E-state index is 0.0521. The Morgan fingerprint density at radius 3 is 1.95 bits per heavy atom. The Morgan fingerprint density at radius 2 is 1.41 bits per heavy atom. The Balaban J connectivity index is 3.30. The SMILES string of the molecule is CC(C)OCCOCCOCCOC(=O)CCC(=O)C(=O)O. The summed E-state index contributed by atoms with van der Waals surface area (Å²) in [6.07, 6.45) is -0.425. The Bertz CT molecular complexity index is 340. The molecule has 0 radical (unpaired) electrons. The van der Waals surface area contributed by atoms with Crippen LogP contribution in [0.2, 0.25) is 0 Å². The topological polar surface area (TPSA) is 108 Å². The van der Waals surface area contributed by atoms with E-state index < -0.39 is 17.7 Å². The van der Waals surface area contributed by atoms with Gasteiger partial charge in [-0.15, -0.1) is 0 Å². The summed E-state index contributed by atoms with van der Waals surface area (Å²) < 4.78 is 20.5. The summed E-state index contributed by atoms with van der Waals surface area (Å²) in [5.74, 6) is -3.18. The predicted octanol–water partition coefficient (Wildman–Crippen LogP) is 0.422. The van der Waals surface area contributed by atoms with Crippen LogP contribution in [0.15, 0.2) is 0 Å². The summed E-state index contributed by atoms with van der Waals surface area (Å²) >= 11 is 0. The minimum atomic E-state index is -1.55. The van der Waals surface area contributed by atoms with Crippen LogP contribution in [0.3, 0.4) is 0 Å². The number of ether oxygens (including phenoxy) is 4. The molecule has 0 aliphatic heterocycles. The Hall–Kier alpha value is -1.51. The van der Waals surface area contributed by atoms with Gasteiger partial charge in [-0.05, 0) is 13.8 Å². The molecule has 0 heterocycles. The molecule has 0 aromatic rings. The van der Waals surface area contributed by atoms with Gasteiger partial charge < -0.3 is 24.1 Å². The lowest BCUT2D eigenvalue weighted by molar-refractivity contribution is -0.151. The first-order valence-corrected chi connectivity index (χ1v) is 7.12. The molecule has 0 aromatic heterocycles. The molecule has 0 aromatic carbocycles. The third kappa shape index (κ3) is 13.5. The number of rotatable bonds is 14. The maximum Gasteiger partial charge on any atom is 0.372 e. The van der Waals surface area contributed by atoms with Gasteiger partial charge in [-0.1, -0.05) is 0 Å². The van der Waals surface area contributed by atoms with E-state index in [0.29, 0.717) is 26.4 Å². The van der Waals surface area contributed by atoms with Gasteiger partial charge in [-0.3, -0.25) is 9.59 Å². The summed E-state index contributed by atoms with van der Waals surface area (Å²) in [5.41, 5.74) is 0. The molecule has 0 aliphatic carbocycles. The monoisotopic (exact) mass is 320 g/mol. The zero-order valence-corrected chi connectivity index (χ0v) is 13.0. The molecule has 1 N–H and O–H groups in total. The lowest BCUT2D eigenvalue weighted by atomic mass is 10.2. The van der Waals surface area contributed by atoms with Gasteiger partial charge in [0.15, 0.2) is 0 Å². The molecule has 0 unspecified atom stereocenters. The highest BCUT2D eigenvalue weighted by Gasteiger charge is 2.13. The van der Waals surface area contributed by atoms with Crippen LogP contribution in [-0.4, -0.2) is 68.6 Å². The number of aliphatic carboxylic acids is 1. The maximum atomic E-state index is 11.2. The lowest BCUT2D eigenvalue weighted by Gasteiger charge is -2.08. The number of esters is 1. The van der Waals surface area contributed by atoms with E-state index in [9.17, 15) is 14.4 Å². The lowest BCUT2D eigenvalue weighted by Crippen LogP contribution is -2.17. The Morgan fingerprint density at radius 1 is 0.864 bits per heavy atom. The standard InChI is InChI=1S/C14H24O8/c1-11(2)21-9-7-19-5-6-20-8-10-22-13(16)4-3-12(15)14(17)18/h11H,3-10H2,1-2H3,(H,17,18). The molecule has 22 heavy (non-hydrogen) atoms. The molecular formula is C14H24O8. The fraction of sp³-hybridized carbons (Fsp3) is 0.786. The van der Waals surface area contributed by atoms with Gasteiger partial charge in [0.1, 0.15) is 6.61 Å². The van der Waals surface area contributed by atoms with E-state index in [1.165, 1.54) is 0 Å². The number of carboxylic acid groups (broad SMARTS) is 1. The van der Waals surface area contributed by atoms with Crippen molar-refractivity contribution in [3.63, 3.8) is 0 Å². The van der Waals surface area contributed by atoms with Crippen LogP contribution in [-0.2, 0) is 33.3 Å². The van der Waals surface area contributed by atoms with Gasteiger partial charge in [-0.25, -0.2) is 4.79 Å². The van der Waals surface area contributed by atoms with Gasteiger partial charge in [0.2, 0.25) is 5.78 Å². The summed E-state index contributed by atoms with van der Waals surface area (Å²) in [6.45, 7) is 5.97. The van der Waals surface area contributed by atoms with E-state index in [1.54, 1.807) is 0 Å². The van der Waals surface area contributed by atoms with Crippen molar-refractivity contribution in [1.82, 2.24) is 0 Å². The van der Waals surface area contributed by atoms with E-state index in [-0.39, 0.29) is 32.2 Å². The van der Waals surface area contributed by atoms with Crippen molar-refractivity contribution in [1.29, 1.82) is 0 Å². The largest absolute Gasteiger partial charge is 0.476 e. The highest BCUT2D eigenvalue weighted by Crippen LogP contribution is 1.95. The maximum absolute atomic E-state index is 11.2. The molecule has 8 heteroatoms. The highest BCUT2D eigenvalue weighted by molar-refractivity contribution is 6.32. The number of Topliss-reactive ketones (excluding diaryl/α,β-unsaturated/α-hetero) is 1. The minimum Gasteiger partial charge on any atom is -0.476 e. The first-order valence-electron chi connectivity index (χ1n) is 7.12. The van der Waals surface area contributed by atoms with Gasteiger partial charge in [0, 0.05) is 6.42 Å². The first-order chi connectivity index (χ1) is 10.4. The molecule has 0 saturated heterocycles. The molecule has 0 saturated carbocycles. The molecule has 128 valence electrons. The molecule has 0 aliphatic rings. The average molecular weight is 320 g/mol. The number of carbonyl (C=O) groups excluding carboxylic acids is 2. The molecule has 8 nitrogen and oxygen atoms in total. The normalized spacial score (nSPS) is 10.7. The molecule has 0 atom stereocenters. The van der Waals surface area contributed by atoms with Crippen molar-refractivity contribution in [2.24, 2.45) is 0 Å². The van der Waals surface area contributed by atoms with Crippen molar-refractivity contribution in [3.8, 4) is 0 Å². The second kappa shape index (κ2) is 13.2. The van der Waals surface area contributed by atoms with Crippen LogP contribution >= 0.6 is 0 Å². The van der Waals surface area contributed by atoms with Gasteiger partial charge >= 0.3 is 11.9 Å². The molecule has 0 fully saturated rings. The zero-order valence-electron chi connectivity index (χ0n) is 13.0. The third-order valence-corrected chi connectivity index (χ3v) is 2.34. The van der Waals surface area contributed by atoms with Crippen LogP contribution in [0.5, 0.6) is 0 Å². The molecule has 0 spiro atoms. The smallest absolute Gasteiger partial charge is 0.372 e. The zero-order chi connectivity index (χ0) is 16.8. The van der Waals surface area contributed by atoms with E-state index in [0.717, 1.165) is 0 Å². The highest BCUT2D eigenvalue weighted by atomic mass is 16.6. The van der Waals surface area contributed by atoms with Gasteiger partial charge in [0.05, 0.1) is 45.6 Å². The predicted molar refractivity (Wildman–Crippen MR) is 75.6 cm³/mol. The Labute approximate surface area is 129 Å². The number of carboxylic acids is 1. The molecular weight excluding hydrogens is 296 g/mol. The van der Waals surface area contributed by atoms with Crippen molar-refractivity contribution in [2.75, 3.05) is 39.6 Å². The van der Waals surface area contributed by atoms with Crippen LogP contribution in [0.25, 0.3) is 0 Å². The van der Waals surface area contributed by atoms with E-state index in [1.807, 2.05) is 13.8 Å². The number of carbonyl (C=O) groups is 3. The fourth-order valence-electron chi connectivity index (χ4n) is 1.27. The molecule has 0 amide bonds. The van der Waals surface area contributed by atoms with Crippen molar-refractivity contribution >= 4 is 17.7 Å². The first kappa shape index (κ1) is 20.5. The van der Waals surface area contributed by atoms with E-state index in [2.05, 4.69) is 0 Å². The van der Waals surface area contributed by atoms with E-state index >= 15 is 0 Å². The fourth-order valence-corrected chi connectivity index (χ4v) is 1.27. The van der Waals surface area contributed by atoms with Crippen molar-refractivity contribution in [3.05, 3.63) is 0 Å². The van der Waals surface area contributed by atoms with Crippen LogP contribution in [0.1, 0.15) is 26.7 Å². The quantitative estimate of drug-likeness (QED) is 0.279. The van der Waals surface area contributed by atoms with E-state index in [4.69, 9.17) is 24.1 Å². The third-order valence-electron chi connectivity index (χ3n) is 2.34. The number of hydrogen-bond donors (Lipinski definition) is 1. The van der Waals surface area contributed by atoms with Crippen molar-refractivity contribution in [2.45, 2.75) is 32.8 Å². The number of hydrogen-bond acceptors (Lipinski definition) is 7. The second-order valence-corrected chi connectivity index (χ2v) is 4.59. The van der Waals surface area contributed by atoms with Crippen molar-refractivity contribution < 1.29 is 38.4 Å². The molecule has 0 bridgehead atoms. The molecule has 0 rings (SSSR count). The summed E-state index contributed by atoms with van der Waals surface area (Å²) in [5, 5.41) is 8.33. The number of ketones is 1. The summed E-state index contributed by atoms with van der Waals surface area (Å²) in [7, 11) is 0. The van der Waals surface area contributed by atoms with Gasteiger partial charge in [0.25, 0.3) is 0 Å².